The summed E-state index contributed by atoms with van der Waals surface area (Å²) in [6.07, 6.45) is -7.03. The van der Waals surface area contributed by atoms with E-state index in [9.17, 15) is 52.7 Å². The third-order valence-corrected chi connectivity index (χ3v) is 4.77. The van der Waals surface area contributed by atoms with Crippen molar-refractivity contribution in [2.75, 3.05) is 6.73 Å². The van der Waals surface area contributed by atoms with E-state index < -0.39 is 51.4 Å². The van der Waals surface area contributed by atoms with Crippen LogP contribution in [-0.4, -0.2) is 44.4 Å². The maximum absolute atomic E-state index is 13.3. The molecule has 0 aromatic rings. The first-order valence-electron chi connectivity index (χ1n) is 6.55. The quantitative estimate of drug-likeness (QED) is 0.367. The molecular weight excluding hydrogens is 413 g/mol. The van der Waals surface area contributed by atoms with Crippen LogP contribution in [-0.2, 0) is 19.6 Å². The van der Waals surface area contributed by atoms with Gasteiger partial charge in [-0.25, -0.2) is 8.42 Å². The fourth-order valence-corrected chi connectivity index (χ4v) is 1.99. The number of carbonyl (C=O) groups excluding carboxylic acids is 1. The minimum Gasteiger partial charge on any atom is -0.448 e. The van der Waals surface area contributed by atoms with Gasteiger partial charge in [0.05, 0.1) is 5.41 Å². The van der Waals surface area contributed by atoms with Crippen LogP contribution in [0.15, 0.2) is 0 Å². The van der Waals surface area contributed by atoms with E-state index in [-0.39, 0.29) is 6.42 Å². The first kappa shape index (κ1) is 24.8. The van der Waals surface area contributed by atoms with Crippen LogP contribution in [0.4, 0.5) is 39.5 Å². The molecule has 0 aliphatic heterocycles. The molecule has 0 fully saturated rings. The van der Waals surface area contributed by atoms with E-state index >= 15 is 0 Å². The van der Waals surface area contributed by atoms with Gasteiger partial charge in [-0.3, -0.25) is 4.79 Å². The zero-order valence-corrected chi connectivity index (χ0v) is 14.2. The lowest BCUT2D eigenvalue weighted by Gasteiger charge is -2.33. The van der Waals surface area contributed by atoms with E-state index in [2.05, 4.69) is 4.74 Å². The lowest BCUT2D eigenvalue weighted by atomic mass is 9.91. The lowest BCUT2D eigenvalue weighted by molar-refractivity contribution is -0.382. The van der Waals surface area contributed by atoms with Crippen molar-refractivity contribution in [3.8, 4) is 0 Å². The van der Waals surface area contributed by atoms with Crippen LogP contribution in [0.1, 0.15) is 27.2 Å². The van der Waals surface area contributed by atoms with E-state index in [4.69, 9.17) is 0 Å². The normalized spacial score (nSPS) is 15.1. The molecule has 0 atom stereocenters. The molecule has 0 saturated heterocycles. The maximum atomic E-state index is 13.3. The van der Waals surface area contributed by atoms with Crippen LogP contribution in [0.5, 0.6) is 0 Å². The van der Waals surface area contributed by atoms with Gasteiger partial charge in [0.25, 0.3) is 10.0 Å². The van der Waals surface area contributed by atoms with Crippen molar-refractivity contribution in [2.24, 2.45) is 5.41 Å². The standard InChI is InChI=1S/C11H14F9NO4S/c1-4-7(2,3)6(22)25-5-21-26(23,24)11(19,20)9(14,15)8(12,13)10(16,17)18/h21H,4-5H2,1-3H3. The molecule has 156 valence electrons. The first-order chi connectivity index (χ1) is 11.2. The monoisotopic (exact) mass is 427 g/mol. The summed E-state index contributed by atoms with van der Waals surface area (Å²) < 4.78 is 141. The largest absolute Gasteiger partial charge is 0.460 e. The first-order valence-corrected chi connectivity index (χ1v) is 8.04. The Bertz CT molecular complexity index is 628. The van der Waals surface area contributed by atoms with Gasteiger partial charge in [-0.2, -0.15) is 44.2 Å². The Balaban J connectivity index is 5.49. The number of halogens is 9. The van der Waals surface area contributed by atoms with Crippen LogP contribution >= 0.6 is 0 Å². The number of carbonyl (C=O) groups is 1. The van der Waals surface area contributed by atoms with Crippen molar-refractivity contribution in [3.63, 3.8) is 0 Å². The molecule has 0 aliphatic carbocycles. The highest BCUT2D eigenvalue weighted by Gasteiger charge is 2.85. The average molecular weight is 427 g/mol. The molecule has 0 aromatic heterocycles. The van der Waals surface area contributed by atoms with Crippen molar-refractivity contribution in [3.05, 3.63) is 0 Å². The Labute approximate surface area is 141 Å². The average Bonchev–Trinajstić information content (AvgIpc) is 2.44. The minimum absolute atomic E-state index is 0.130. The number of rotatable bonds is 8. The smallest absolute Gasteiger partial charge is 0.448 e. The Morgan fingerprint density at radius 1 is 0.923 bits per heavy atom. The molecule has 15 heteroatoms. The molecule has 5 nitrogen and oxygen atoms in total. The summed E-state index contributed by atoms with van der Waals surface area (Å²) in [5.74, 6) is -15.9. The molecule has 1 N–H and O–H groups in total. The van der Waals surface area contributed by atoms with Crippen LogP contribution < -0.4 is 4.72 Å². The fourth-order valence-electron chi connectivity index (χ4n) is 1.13. The second-order valence-corrected chi connectivity index (χ2v) is 7.43. The summed E-state index contributed by atoms with van der Waals surface area (Å²) >= 11 is 0. The predicted octanol–water partition coefficient (Wildman–Crippen LogP) is 3.27. The van der Waals surface area contributed by atoms with Gasteiger partial charge < -0.3 is 4.74 Å². The molecule has 0 spiro atoms. The van der Waals surface area contributed by atoms with E-state index in [1.54, 1.807) is 0 Å². The highest BCUT2D eigenvalue weighted by atomic mass is 32.2. The number of ether oxygens (including phenoxy) is 1. The second kappa shape index (κ2) is 7.05. The molecule has 0 radical (unpaired) electrons. The Morgan fingerprint density at radius 2 is 1.35 bits per heavy atom. The summed E-state index contributed by atoms with van der Waals surface area (Å²) in [6.45, 7) is 2.38. The third-order valence-electron chi connectivity index (χ3n) is 3.34. The molecular formula is C11H14F9NO4S. The van der Waals surface area contributed by atoms with Gasteiger partial charge in [-0.1, -0.05) is 6.92 Å². The topological polar surface area (TPSA) is 72.5 Å². The fraction of sp³-hybridized carbons (Fsp3) is 0.909. The number of hydrogen-bond acceptors (Lipinski definition) is 4. The summed E-state index contributed by atoms with van der Waals surface area (Å²) in [5, 5.41) is -6.88. The van der Waals surface area contributed by atoms with Gasteiger partial charge in [0.2, 0.25) is 0 Å². The zero-order chi connectivity index (χ0) is 21.4. The van der Waals surface area contributed by atoms with Gasteiger partial charge in [-0.05, 0) is 20.3 Å². The maximum Gasteiger partial charge on any atom is 0.460 e. The van der Waals surface area contributed by atoms with E-state index in [0.29, 0.717) is 4.72 Å². The molecule has 0 aliphatic rings. The summed E-state index contributed by atoms with van der Waals surface area (Å²) in [7, 11) is -6.80. The molecule has 0 amide bonds. The van der Waals surface area contributed by atoms with Gasteiger partial charge in [0.1, 0.15) is 0 Å². The zero-order valence-electron chi connectivity index (χ0n) is 13.4. The number of esters is 1. The second-order valence-electron chi connectivity index (χ2n) is 5.62. The van der Waals surface area contributed by atoms with Crippen molar-refractivity contribution >= 4 is 16.0 Å². The number of hydrogen-bond donors (Lipinski definition) is 1. The van der Waals surface area contributed by atoms with E-state index in [0.717, 1.165) is 0 Å². The van der Waals surface area contributed by atoms with E-state index in [1.807, 2.05) is 0 Å². The Kier molecular flexibility index (Phi) is 6.71. The minimum atomic E-state index is -7.36. The number of sulfonamides is 1. The molecule has 0 saturated carbocycles. The van der Waals surface area contributed by atoms with Crippen molar-refractivity contribution in [1.82, 2.24) is 4.72 Å². The van der Waals surface area contributed by atoms with Crippen LogP contribution in [0, 0.1) is 5.41 Å². The van der Waals surface area contributed by atoms with Crippen molar-refractivity contribution in [2.45, 2.75) is 50.5 Å². The Hall–Kier alpha value is -1.25. The summed E-state index contributed by atoms with van der Waals surface area (Å²) in [4.78, 5) is 11.5. The highest BCUT2D eigenvalue weighted by molar-refractivity contribution is 7.90. The lowest BCUT2D eigenvalue weighted by Crippen LogP contribution is -2.65. The van der Waals surface area contributed by atoms with Gasteiger partial charge in [0.15, 0.2) is 6.73 Å². The SMILES string of the molecule is CCC(C)(C)C(=O)OCNS(=O)(=O)C(F)(F)C(F)(F)C(F)(F)C(F)(F)F. The molecule has 0 unspecified atom stereocenters. The van der Waals surface area contributed by atoms with E-state index in [1.165, 1.54) is 20.8 Å². The van der Waals surface area contributed by atoms with Crippen LogP contribution in [0.3, 0.4) is 0 Å². The van der Waals surface area contributed by atoms with Gasteiger partial charge >= 0.3 is 29.2 Å². The predicted molar refractivity (Wildman–Crippen MR) is 68.0 cm³/mol. The third kappa shape index (κ3) is 4.18. The molecule has 0 bridgehead atoms. The number of nitrogens with one attached hydrogen (secondary N) is 1. The van der Waals surface area contributed by atoms with Gasteiger partial charge in [-0.15, -0.1) is 0 Å². The van der Waals surface area contributed by atoms with Crippen LogP contribution in [0.2, 0.25) is 0 Å². The Morgan fingerprint density at radius 3 is 1.69 bits per heavy atom. The van der Waals surface area contributed by atoms with Crippen LogP contribution in [0.25, 0.3) is 0 Å². The van der Waals surface area contributed by atoms with Gasteiger partial charge in [0, 0.05) is 0 Å². The summed E-state index contributed by atoms with van der Waals surface area (Å²) in [6, 6.07) is 0. The number of alkyl halides is 9. The molecule has 0 heterocycles. The highest BCUT2D eigenvalue weighted by Crippen LogP contribution is 2.54. The van der Waals surface area contributed by atoms with Crippen molar-refractivity contribution in [1.29, 1.82) is 0 Å². The molecule has 0 aromatic carbocycles. The molecule has 26 heavy (non-hydrogen) atoms. The summed E-state index contributed by atoms with van der Waals surface area (Å²) in [5.41, 5.74) is -1.23. The van der Waals surface area contributed by atoms with Crippen molar-refractivity contribution < 1.29 is 57.5 Å². The molecule has 0 rings (SSSR count).